The maximum atomic E-state index is 13.7. The molecule has 3 nitrogen and oxygen atoms in total. The Balaban J connectivity index is 2.01. The van der Waals surface area contributed by atoms with Crippen LogP contribution in [0.5, 0.6) is 0 Å². The van der Waals surface area contributed by atoms with Crippen LogP contribution in [-0.4, -0.2) is 30.2 Å². The third kappa shape index (κ3) is 5.51. The minimum atomic E-state index is -1.60. The summed E-state index contributed by atoms with van der Waals surface area (Å²) in [6.45, 7) is 3.27. The van der Waals surface area contributed by atoms with Crippen LogP contribution in [0.2, 0.25) is 0 Å². The third-order valence-electron chi connectivity index (χ3n) is 3.78. The predicted octanol–water partition coefficient (Wildman–Crippen LogP) is 4.68. The van der Waals surface area contributed by atoms with Crippen molar-refractivity contribution < 1.29 is 18.0 Å². The van der Waals surface area contributed by atoms with Gasteiger partial charge in [0.15, 0.2) is 17.5 Å². The molecule has 0 aliphatic heterocycles. The number of hydrogen-bond donors (Lipinski definition) is 1. The fraction of sp³-hybridized carbons (Fsp3) is 0.316. The molecule has 0 saturated heterocycles. The Morgan fingerprint density at radius 3 is 2.38 bits per heavy atom. The van der Waals surface area contributed by atoms with Gasteiger partial charge in [-0.2, -0.15) is 0 Å². The van der Waals surface area contributed by atoms with Gasteiger partial charge in [0.2, 0.25) is 5.91 Å². The van der Waals surface area contributed by atoms with Crippen LogP contribution in [-0.2, 0) is 11.3 Å². The van der Waals surface area contributed by atoms with Crippen molar-refractivity contribution in [1.29, 1.82) is 0 Å². The molecule has 26 heavy (non-hydrogen) atoms. The molecular weight excluding hydrogens is 361 g/mol. The molecule has 0 bridgehead atoms. The summed E-state index contributed by atoms with van der Waals surface area (Å²) in [5.74, 6) is -4.76. The zero-order chi connectivity index (χ0) is 19.1. The minimum absolute atomic E-state index is 0.0244. The monoisotopic (exact) mass is 382 g/mol. The van der Waals surface area contributed by atoms with Gasteiger partial charge in [-0.1, -0.05) is 19.1 Å². The lowest BCUT2D eigenvalue weighted by Crippen LogP contribution is -2.33. The number of benzene rings is 2. The van der Waals surface area contributed by atoms with Crippen molar-refractivity contribution in [3.63, 3.8) is 0 Å². The van der Waals surface area contributed by atoms with Crippen molar-refractivity contribution in [1.82, 2.24) is 4.90 Å². The summed E-state index contributed by atoms with van der Waals surface area (Å²) in [5, 5.41) is 2.31. The lowest BCUT2D eigenvalue weighted by atomic mass is 10.2. The van der Waals surface area contributed by atoms with Gasteiger partial charge in [0, 0.05) is 11.4 Å². The lowest BCUT2D eigenvalue weighted by Gasteiger charge is -2.21. The molecule has 1 amide bonds. The molecule has 0 aliphatic carbocycles. The Morgan fingerprint density at radius 1 is 1.08 bits per heavy atom. The minimum Gasteiger partial charge on any atom is -0.322 e. The van der Waals surface area contributed by atoms with Gasteiger partial charge in [0.05, 0.1) is 12.2 Å². The van der Waals surface area contributed by atoms with Gasteiger partial charge in [-0.25, -0.2) is 13.2 Å². The molecule has 0 atom stereocenters. The maximum absolute atomic E-state index is 13.7. The molecule has 0 fully saturated rings. The second kappa shape index (κ2) is 9.64. The topological polar surface area (TPSA) is 32.3 Å². The molecule has 0 radical (unpaired) electrons. The molecule has 0 saturated carbocycles. The second-order valence-corrected chi connectivity index (χ2v) is 6.71. The van der Waals surface area contributed by atoms with E-state index in [4.69, 9.17) is 0 Å². The molecule has 0 aliphatic rings. The first-order valence-corrected chi connectivity index (χ1v) is 9.45. The highest BCUT2D eigenvalue weighted by molar-refractivity contribution is 7.98. The molecule has 1 N–H and O–H groups in total. The molecule has 0 aromatic heterocycles. The van der Waals surface area contributed by atoms with Crippen LogP contribution in [0.25, 0.3) is 0 Å². The van der Waals surface area contributed by atoms with Crippen LogP contribution in [0.1, 0.15) is 18.9 Å². The number of thioether (sulfide) groups is 1. The third-order valence-corrected chi connectivity index (χ3v) is 4.53. The van der Waals surface area contributed by atoms with Crippen molar-refractivity contribution in [2.75, 3.05) is 24.7 Å². The Kier molecular flexibility index (Phi) is 7.53. The molecular formula is C19H21F3N2OS. The van der Waals surface area contributed by atoms with E-state index in [2.05, 4.69) is 5.32 Å². The smallest absolute Gasteiger partial charge is 0.238 e. The van der Waals surface area contributed by atoms with Crippen molar-refractivity contribution in [3.05, 3.63) is 59.4 Å². The predicted molar refractivity (Wildman–Crippen MR) is 98.7 cm³/mol. The van der Waals surface area contributed by atoms with E-state index in [0.29, 0.717) is 13.1 Å². The van der Waals surface area contributed by atoms with Crippen molar-refractivity contribution in [2.45, 2.75) is 24.8 Å². The maximum Gasteiger partial charge on any atom is 0.238 e. The van der Waals surface area contributed by atoms with E-state index >= 15 is 0 Å². The number of nitrogens with zero attached hydrogens (tertiary/aromatic N) is 1. The van der Waals surface area contributed by atoms with E-state index < -0.39 is 23.4 Å². The van der Waals surface area contributed by atoms with E-state index in [0.717, 1.165) is 29.0 Å². The molecule has 140 valence electrons. The summed E-state index contributed by atoms with van der Waals surface area (Å²) in [4.78, 5) is 15.3. The number of hydrogen-bond acceptors (Lipinski definition) is 3. The van der Waals surface area contributed by atoms with Gasteiger partial charge < -0.3 is 5.32 Å². The molecule has 2 rings (SSSR count). The second-order valence-electron chi connectivity index (χ2n) is 5.83. The zero-order valence-electron chi connectivity index (χ0n) is 14.7. The molecule has 2 aromatic carbocycles. The SMILES string of the molecule is CCCN(CC(=O)Nc1ccc(F)c(F)c1F)Cc1ccc(SC)cc1. The van der Waals surface area contributed by atoms with E-state index in [1.165, 1.54) is 0 Å². The summed E-state index contributed by atoms with van der Waals surface area (Å²) in [5.41, 5.74) is 0.692. The van der Waals surface area contributed by atoms with Crippen LogP contribution in [0, 0.1) is 17.5 Å². The standard InChI is InChI=1S/C19H21F3N2OS/c1-3-10-24(11-13-4-6-14(26-2)7-5-13)12-17(25)23-16-9-8-15(20)18(21)19(16)22/h4-9H,3,10-12H2,1-2H3,(H,23,25). The summed E-state index contributed by atoms with van der Waals surface area (Å²) in [7, 11) is 0. The van der Waals surface area contributed by atoms with Crippen LogP contribution >= 0.6 is 11.8 Å². The number of amides is 1. The normalized spacial score (nSPS) is 11.0. The van der Waals surface area contributed by atoms with Gasteiger partial charge in [0.1, 0.15) is 0 Å². The van der Waals surface area contributed by atoms with Crippen LogP contribution in [0.3, 0.4) is 0 Å². The number of anilines is 1. The number of carbonyl (C=O) groups excluding carboxylic acids is 1. The molecule has 2 aromatic rings. The number of carbonyl (C=O) groups is 1. The van der Waals surface area contributed by atoms with Crippen molar-refractivity contribution >= 4 is 23.4 Å². The van der Waals surface area contributed by atoms with E-state index in [1.807, 2.05) is 42.3 Å². The summed E-state index contributed by atoms with van der Waals surface area (Å²) in [6.07, 6.45) is 2.84. The van der Waals surface area contributed by atoms with E-state index in [9.17, 15) is 18.0 Å². The average Bonchev–Trinajstić information content (AvgIpc) is 2.63. The van der Waals surface area contributed by atoms with Crippen LogP contribution < -0.4 is 5.32 Å². The Hall–Kier alpha value is -1.99. The summed E-state index contributed by atoms with van der Waals surface area (Å²) >= 11 is 1.65. The highest BCUT2D eigenvalue weighted by Gasteiger charge is 2.17. The molecule has 7 heteroatoms. The van der Waals surface area contributed by atoms with E-state index in [1.54, 1.807) is 11.8 Å². The zero-order valence-corrected chi connectivity index (χ0v) is 15.5. The first-order chi connectivity index (χ1) is 12.4. The van der Waals surface area contributed by atoms with Crippen LogP contribution in [0.4, 0.5) is 18.9 Å². The number of nitrogens with one attached hydrogen (secondary N) is 1. The van der Waals surface area contributed by atoms with Gasteiger partial charge >= 0.3 is 0 Å². The summed E-state index contributed by atoms with van der Waals surface area (Å²) in [6, 6.07) is 9.83. The fourth-order valence-corrected chi connectivity index (χ4v) is 2.94. The Bertz CT molecular complexity index is 753. The Morgan fingerprint density at radius 2 is 1.77 bits per heavy atom. The lowest BCUT2D eigenvalue weighted by molar-refractivity contribution is -0.117. The number of halogens is 3. The van der Waals surface area contributed by atoms with Gasteiger partial charge in [0.25, 0.3) is 0 Å². The first-order valence-electron chi connectivity index (χ1n) is 8.23. The molecule has 0 spiro atoms. The highest BCUT2D eigenvalue weighted by Crippen LogP contribution is 2.20. The van der Waals surface area contributed by atoms with Gasteiger partial charge in [-0.05, 0) is 49.1 Å². The van der Waals surface area contributed by atoms with Gasteiger partial charge in [-0.15, -0.1) is 11.8 Å². The van der Waals surface area contributed by atoms with Crippen molar-refractivity contribution in [2.24, 2.45) is 0 Å². The number of rotatable bonds is 8. The molecule has 0 unspecified atom stereocenters. The van der Waals surface area contributed by atoms with E-state index in [-0.39, 0.29) is 12.2 Å². The Labute approximate surface area is 155 Å². The largest absolute Gasteiger partial charge is 0.322 e. The van der Waals surface area contributed by atoms with Gasteiger partial charge in [-0.3, -0.25) is 9.69 Å². The summed E-state index contributed by atoms with van der Waals surface area (Å²) < 4.78 is 39.9. The highest BCUT2D eigenvalue weighted by atomic mass is 32.2. The van der Waals surface area contributed by atoms with Crippen molar-refractivity contribution in [3.8, 4) is 0 Å². The van der Waals surface area contributed by atoms with Crippen LogP contribution in [0.15, 0.2) is 41.3 Å². The first kappa shape index (κ1) is 20.3. The average molecular weight is 382 g/mol. The molecule has 0 heterocycles. The fourth-order valence-electron chi connectivity index (χ4n) is 2.53. The quantitative estimate of drug-likeness (QED) is 0.532.